The lowest BCUT2D eigenvalue weighted by molar-refractivity contribution is -0.156. The molecular weight excluding hydrogens is 328 g/mol. The Morgan fingerprint density at radius 2 is 1.19 bits per heavy atom. The van der Waals surface area contributed by atoms with Gasteiger partial charge in [-0.25, -0.2) is 0 Å². The van der Waals surface area contributed by atoms with Gasteiger partial charge in [-0.2, -0.15) is 0 Å². The van der Waals surface area contributed by atoms with E-state index in [1.165, 1.54) is 5.56 Å². The molecule has 0 aromatic heterocycles. The largest absolute Gasteiger partial charge is 0.349 e. The van der Waals surface area contributed by atoms with Crippen molar-refractivity contribution < 1.29 is 18.9 Å². The lowest BCUT2D eigenvalue weighted by Crippen LogP contribution is -2.21. The molecule has 0 atom stereocenters. The van der Waals surface area contributed by atoms with Crippen molar-refractivity contribution >= 4 is 0 Å². The molecule has 150 valence electrons. The van der Waals surface area contributed by atoms with Gasteiger partial charge < -0.3 is 18.9 Å². The van der Waals surface area contributed by atoms with Crippen LogP contribution in [0.3, 0.4) is 0 Å². The van der Waals surface area contributed by atoms with Gasteiger partial charge in [-0.3, -0.25) is 0 Å². The highest BCUT2D eigenvalue weighted by Crippen LogP contribution is 2.36. The fraction of sp³-hybridized carbons (Fsp3) is 0.727. The Hall–Kier alpha value is -0.940. The summed E-state index contributed by atoms with van der Waals surface area (Å²) in [5, 5.41) is 0. The first-order valence-corrected chi connectivity index (χ1v) is 10.1. The van der Waals surface area contributed by atoms with Crippen LogP contribution in [0.4, 0.5) is 0 Å². The van der Waals surface area contributed by atoms with Gasteiger partial charge in [0.15, 0.2) is 12.6 Å². The minimum atomic E-state index is -0.416. The maximum absolute atomic E-state index is 5.91. The van der Waals surface area contributed by atoms with E-state index in [-0.39, 0.29) is 5.41 Å². The van der Waals surface area contributed by atoms with Crippen molar-refractivity contribution in [1.82, 2.24) is 0 Å². The number of hydrogen-bond acceptors (Lipinski definition) is 4. The third kappa shape index (κ3) is 6.34. The van der Waals surface area contributed by atoms with E-state index in [0.717, 1.165) is 24.0 Å². The van der Waals surface area contributed by atoms with Crippen LogP contribution in [-0.4, -0.2) is 26.4 Å². The summed E-state index contributed by atoms with van der Waals surface area (Å²) in [6.45, 7) is 17.1. The topological polar surface area (TPSA) is 36.9 Å². The molecule has 1 rings (SSSR count). The first kappa shape index (κ1) is 23.1. The SMILES string of the molecule is CCCC(C)(C)c1ccc(C(OCC)OCC)c(C(OCC)OCC)c1. The first-order valence-electron chi connectivity index (χ1n) is 10.1. The van der Waals surface area contributed by atoms with E-state index in [1.54, 1.807) is 0 Å². The third-order valence-corrected chi connectivity index (χ3v) is 4.52. The number of hydrogen-bond donors (Lipinski definition) is 0. The van der Waals surface area contributed by atoms with Gasteiger partial charge in [0.2, 0.25) is 0 Å². The third-order valence-electron chi connectivity index (χ3n) is 4.52. The van der Waals surface area contributed by atoms with E-state index in [2.05, 4.69) is 39.0 Å². The molecule has 0 fully saturated rings. The lowest BCUT2D eigenvalue weighted by Gasteiger charge is -2.29. The van der Waals surface area contributed by atoms with Crippen LogP contribution in [0.25, 0.3) is 0 Å². The molecule has 0 spiro atoms. The van der Waals surface area contributed by atoms with Crippen molar-refractivity contribution in [3.8, 4) is 0 Å². The highest BCUT2D eigenvalue weighted by Gasteiger charge is 2.27. The summed E-state index contributed by atoms with van der Waals surface area (Å²) < 4.78 is 23.5. The van der Waals surface area contributed by atoms with Crippen molar-refractivity contribution in [2.24, 2.45) is 0 Å². The number of benzene rings is 1. The van der Waals surface area contributed by atoms with Crippen LogP contribution in [0.2, 0.25) is 0 Å². The molecule has 0 radical (unpaired) electrons. The summed E-state index contributed by atoms with van der Waals surface area (Å²) in [5.41, 5.74) is 3.37. The van der Waals surface area contributed by atoms with E-state index >= 15 is 0 Å². The van der Waals surface area contributed by atoms with Gasteiger partial charge in [0.1, 0.15) is 0 Å². The van der Waals surface area contributed by atoms with Crippen LogP contribution >= 0.6 is 0 Å². The standard InChI is InChI=1S/C22H38O4/c1-8-15-22(6,7)17-13-14-18(20(23-9-2)24-10-3)19(16-17)21(25-11-4)26-12-5/h13-14,16,20-21H,8-12,15H2,1-7H3. The molecule has 0 heterocycles. The molecule has 26 heavy (non-hydrogen) atoms. The Morgan fingerprint density at radius 3 is 1.62 bits per heavy atom. The van der Waals surface area contributed by atoms with Gasteiger partial charge in [-0.1, -0.05) is 39.3 Å². The van der Waals surface area contributed by atoms with E-state index in [1.807, 2.05) is 27.7 Å². The normalized spacial score (nSPS) is 12.3. The second-order valence-corrected chi connectivity index (χ2v) is 6.96. The molecule has 0 saturated heterocycles. The molecule has 0 aliphatic rings. The Labute approximate surface area is 160 Å². The zero-order chi connectivity index (χ0) is 19.6. The van der Waals surface area contributed by atoms with Gasteiger partial charge in [-0.15, -0.1) is 0 Å². The number of rotatable bonds is 13. The minimum absolute atomic E-state index is 0.0950. The molecule has 0 aliphatic heterocycles. The molecule has 1 aromatic carbocycles. The van der Waals surface area contributed by atoms with E-state index in [9.17, 15) is 0 Å². The van der Waals surface area contributed by atoms with Crippen LogP contribution < -0.4 is 0 Å². The van der Waals surface area contributed by atoms with Crippen LogP contribution in [0.1, 0.15) is 90.6 Å². The predicted molar refractivity (Wildman–Crippen MR) is 106 cm³/mol. The maximum atomic E-state index is 5.91. The molecule has 4 heteroatoms. The van der Waals surface area contributed by atoms with Crippen molar-refractivity contribution in [1.29, 1.82) is 0 Å². The summed E-state index contributed by atoms with van der Waals surface area (Å²) in [4.78, 5) is 0. The van der Waals surface area contributed by atoms with Gasteiger partial charge in [-0.05, 0) is 51.2 Å². The van der Waals surface area contributed by atoms with Crippen molar-refractivity contribution in [2.45, 2.75) is 79.3 Å². The Bertz CT molecular complexity index is 501. The minimum Gasteiger partial charge on any atom is -0.349 e. The highest BCUT2D eigenvalue weighted by atomic mass is 16.7. The average molecular weight is 367 g/mol. The number of ether oxygens (including phenoxy) is 4. The summed E-state index contributed by atoms with van der Waals surface area (Å²) >= 11 is 0. The van der Waals surface area contributed by atoms with E-state index in [4.69, 9.17) is 18.9 Å². The molecule has 0 aliphatic carbocycles. The summed E-state index contributed by atoms with van der Waals surface area (Å²) in [6.07, 6.45) is 1.44. The smallest absolute Gasteiger partial charge is 0.184 e. The fourth-order valence-corrected chi connectivity index (χ4v) is 3.24. The van der Waals surface area contributed by atoms with Gasteiger partial charge in [0.25, 0.3) is 0 Å². The second kappa shape index (κ2) is 11.7. The van der Waals surface area contributed by atoms with Gasteiger partial charge >= 0.3 is 0 Å². The molecule has 1 aromatic rings. The highest BCUT2D eigenvalue weighted by molar-refractivity contribution is 5.37. The first-order chi connectivity index (χ1) is 12.4. The Kier molecular flexibility index (Phi) is 10.4. The molecule has 0 N–H and O–H groups in total. The molecule has 0 unspecified atom stereocenters. The molecule has 0 saturated carbocycles. The maximum Gasteiger partial charge on any atom is 0.184 e. The van der Waals surface area contributed by atoms with Crippen LogP contribution in [-0.2, 0) is 24.4 Å². The summed E-state index contributed by atoms with van der Waals surface area (Å²) in [5.74, 6) is 0. The second-order valence-electron chi connectivity index (χ2n) is 6.96. The molecule has 0 amide bonds. The molecular formula is C22H38O4. The zero-order valence-corrected chi connectivity index (χ0v) is 17.8. The predicted octanol–water partition coefficient (Wildman–Crippen LogP) is 5.91. The fourth-order valence-electron chi connectivity index (χ4n) is 3.24. The average Bonchev–Trinajstić information content (AvgIpc) is 2.61. The lowest BCUT2D eigenvalue weighted by atomic mass is 9.79. The molecule has 4 nitrogen and oxygen atoms in total. The quantitative estimate of drug-likeness (QED) is 0.407. The van der Waals surface area contributed by atoms with Gasteiger partial charge in [0.05, 0.1) is 0 Å². The van der Waals surface area contributed by atoms with Crippen molar-refractivity contribution in [3.05, 3.63) is 34.9 Å². The Morgan fingerprint density at radius 1 is 0.731 bits per heavy atom. The monoisotopic (exact) mass is 366 g/mol. The van der Waals surface area contributed by atoms with E-state index < -0.39 is 12.6 Å². The zero-order valence-electron chi connectivity index (χ0n) is 17.8. The molecule has 0 bridgehead atoms. The van der Waals surface area contributed by atoms with Crippen molar-refractivity contribution in [2.75, 3.05) is 26.4 Å². The van der Waals surface area contributed by atoms with Crippen molar-refractivity contribution in [3.63, 3.8) is 0 Å². The van der Waals surface area contributed by atoms with Crippen LogP contribution in [0, 0.1) is 0 Å². The van der Waals surface area contributed by atoms with E-state index in [0.29, 0.717) is 26.4 Å². The Balaban J connectivity index is 3.42. The summed E-state index contributed by atoms with van der Waals surface area (Å²) in [6, 6.07) is 6.52. The summed E-state index contributed by atoms with van der Waals surface area (Å²) in [7, 11) is 0. The van der Waals surface area contributed by atoms with Crippen LogP contribution in [0.15, 0.2) is 18.2 Å². The van der Waals surface area contributed by atoms with Crippen LogP contribution in [0.5, 0.6) is 0 Å². The van der Waals surface area contributed by atoms with Gasteiger partial charge in [0, 0.05) is 37.6 Å².